The SMILES string of the molecule is CC(=NO)c1ccc(C)cc1OCCC1CC1. The van der Waals surface area contributed by atoms with Crippen molar-refractivity contribution in [3.8, 4) is 5.75 Å². The van der Waals surface area contributed by atoms with Crippen molar-refractivity contribution in [1.82, 2.24) is 0 Å². The Morgan fingerprint density at radius 1 is 1.47 bits per heavy atom. The molecule has 0 amide bonds. The molecule has 1 aromatic carbocycles. The highest BCUT2D eigenvalue weighted by atomic mass is 16.5. The third kappa shape index (κ3) is 3.22. The quantitative estimate of drug-likeness (QED) is 0.481. The van der Waals surface area contributed by atoms with Gasteiger partial charge in [-0.15, -0.1) is 0 Å². The van der Waals surface area contributed by atoms with Crippen LogP contribution in [-0.4, -0.2) is 17.5 Å². The summed E-state index contributed by atoms with van der Waals surface area (Å²) in [5.74, 6) is 1.69. The third-order valence-electron chi connectivity index (χ3n) is 3.16. The highest BCUT2D eigenvalue weighted by Gasteiger charge is 2.21. The summed E-state index contributed by atoms with van der Waals surface area (Å²) >= 11 is 0. The number of oxime groups is 1. The van der Waals surface area contributed by atoms with E-state index in [1.165, 1.54) is 12.8 Å². The van der Waals surface area contributed by atoms with Gasteiger partial charge in [-0.05, 0) is 43.9 Å². The molecule has 2 rings (SSSR count). The molecule has 1 saturated carbocycles. The van der Waals surface area contributed by atoms with Gasteiger partial charge >= 0.3 is 0 Å². The van der Waals surface area contributed by atoms with Gasteiger partial charge in [0.1, 0.15) is 5.75 Å². The van der Waals surface area contributed by atoms with E-state index in [-0.39, 0.29) is 0 Å². The van der Waals surface area contributed by atoms with E-state index in [9.17, 15) is 0 Å². The fraction of sp³-hybridized carbons (Fsp3) is 0.500. The highest BCUT2D eigenvalue weighted by molar-refractivity contribution is 6.00. The topological polar surface area (TPSA) is 41.8 Å². The van der Waals surface area contributed by atoms with Gasteiger partial charge in [-0.2, -0.15) is 0 Å². The lowest BCUT2D eigenvalue weighted by Crippen LogP contribution is -2.04. The molecule has 0 radical (unpaired) electrons. The second-order valence-electron chi connectivity index (χ2n) is 4.77. The van der Waals surface area contributed by atoms with Crippen LogP contribution in [-0.2, 0) is 0 Å². The Labute approximate surface area is 102 Å². The molecular formula is C14H19NO2. The first kappa shape index (κ1) is 12.0. The number of ether oxygens (including phenoxy) is 1. The predicted octanol–water partition coefficient (Wildman–Crippen LogP) is 3.37. The fourth-order valence-electron chi connectivity index (χ4n) is 1.84. The Morgan fingerprint density at radius 2 is 2.24 bits per heavy atom. The molecule has 0 atom stereocenters. The van der Waals surface area contributed by atoms with Gasteiger partial charge < -0.3 is 9.94 Å². The molecular weight excluding hydrogens is 214 g/mol. The summed E-state index contributed by atoms with van der Waals surface area (Å²) in [5, 5.41) is 12.1. The molecule has 3 nitrogen and oxygen atoms in total. The van der Waals surface area contributed by atoms with Crippen LogP contribution in [0.2, 0.25) is 0 Å². The Bertz CT molecular complexity index is 422. The Morgan fingerprint density at radius 3 is 2.88 bits per heavy atom. The van der Waals surface area contributed by atoms with Crippen LogP contribution in [0.25, 0.3) is 0 Å². The van der Waals surface area contributed by atoms with Crippen LogP contribution >= 0.6 is 0 Å². The Hall–Kier alpha value is -1.51. The predicted molar refractivity (Wildman–Crippen MR) is 68.0 cm³/mol. The molecule has 0 bridgehead atoms. The number of aryl methyl sites for hydroxylation is 1. The number of hydrogen-bond acceptors (Lipinski definition) is 3. The van der Waals surface area contributed by atoms with Crippen molar-refractivity contribution in [1.29, 1.82) is 0 Å². The molecule has 1 aromatic rings. The van der Waals surface area contributed by atoms with Gasteiger partial charge in [-0.25, -0.2) is 0 Å². The van der Waals surface area contributed by atoms with E-state index in [0.29, 0.717) is 5.71 Å². The molecule has 0 saturated heterocycles. The van der Waals surface area contributed by atoms with Crippen molar-refractivity contribution in [2.75, 3.05) is 6.61 Å². The van der Waals surface area contributed by atoms with Crippen LogP contribution in [0.3, 0.4) is 0 Å². The van der Waals surface area contributed by atoms with Gasteiger partial charge in [-0.1, -0.05) is 24.1 Å². The minimum atomic E-state index is 0.589. The van der Waals surface area contributed by atoms with Crippen LogP contribution < -0.4 is 4.74 Å². The smallest absolute Gasteiger partial charge is 0.128 e. The zero-order valence-electron chi connectivity index (χ0n) is 10.4. The summed E-state index contributed by atoms with van der Waals surface area (Å²) in [6.07, 6.45) is 3.82. The number of benzene rings is 1. The van der Waals surface area contributed by atoms with Crippen molar-refractivity contribution >= 4 is 5.71 Å². The van der Waals surface area contributed by atoms with Gasteiger partial charge in [0.25, 0.3) is 0 Å². The third-order valence-corrected chi connectivity index (χ3v) is 3.16. The lowest BCUT2D eigenvalue weighted by molar-refractivity contribution is 0.300. The average Bonchev–Trinajstić information content (AvgIpc) is 3.12. The first-order valence-corrected chi connectivity index (χ1v) is 6.13. The minimum Gasteiger partial charge on any atom is -0.493 e. The Kier molecular flexibility index (Phi) is 3.67. The summed E-state index contributed by atoms with van der Waals surface area (Å²) in [6, 6.07) is 5.94. The van der Waals surface area contributed by atoms with Gasteiger partial charge in [0.2, 0.25) is 0 Å². The first-order valence-electron chi connectivity index (χ1n) is 6.13. The molecule has 0 unspecified atom stereocenters. The molecule has 1 aliphatic carbocycles. The van der Waals surface area contributed by atoms with E-state index < -0.39 is 0 Å². The summed E-state index contributed by atoms with van der Waals surface area (Å²) < 4.78 is 5.80. The number of rotatable bonds is 5. The van der Waals surface area contributed by atoms with E-state index in [2.05, 4.69) is 5.16 Å². The first-order chi connectivity index (χ1) is 8.20. The summed E-state index contributed by atoms with van der Waals surface area (Å²) in [6.45, 7) is 4.56. The second-order valence-corrected chi connectivity index (χ2v) is 4.77. The number of hydrogen-bond donors (Lipinski definition) is 1. The molecule has 1 fully saturated rings. The maximum absolute atomic E-state index is 8.84. The van der Waals surface area contributed by atoms with E-state index in [1.54, 1.807) is 6.92 Å². The second kappa shape index (κ2) is 5.21. The highest BCUT2D eigenvalue weighted by Crippen LogP contribution is 2.32. The maximum Gasteiger partial charge on any atom is 0.128 e. The molecule has 92 valence electrons. The van der Waals surface area contributed by atoms with Crippen molar-refractivity contribution in [3.05, 3.63) is 29.3 Å². The van der Waals surface area contributed by atoms with Crippen LogP contribution in [0, 0.1) is 12.8 Å². The van der Waals surface area contributed by atoms with Crippen molar-refractivity contribution in [3.63, 3.8) is 0 Å². The number of nitrogens with zero attached hydrogens (tertiary/aromatic N) is 1. The van der Waals surface area contributed by atoms with Crippen LogP contribution in [0.15, 0.2) is 23.4 Å². The molecule has 1 aliphatic rings. The zero-order chi connectivity index (χ0) is 12.3. The van der Waals surface area contributed by atoms with E-state index >= 15 is 0 Å². The molecule has 1 N–H and O–H groups in total. The van der Waals surface area contributed by atoms with E-state index in [0.717, 1.165) is 35.8 Å². The van der Waals surface area contributed by atoms with Crippen molar-refractivity contribution in [2.45, 2.75) is 33.1 Å². The van der Waals surface area contributed by atoms with E-state index in [1.807, 2.05) is 25.1 Å². The molecule has 0 spiro atoms. The standard InChI is InChI=1S/C14H19NO2/c1-10-3-6-13(11(2)15-16)14(9-10)17-8-7-12-4-5-12/h3,6,9,12,16H,4-5,7-8H2,1-2H3. The van der Waals surface area contributed by atoms with Crippen molar-refractivity contribution in [2.24, 2.45) is 11.1 Å². The zero-order valence-corrected chi connectivity index (χ0v) is 10.4. The lowest BCUT2D eigenvalue weighted by Gasteiger charge is -2.11. The molecule has 3 heteroatoms. The molecule has 17 heavy (non-hydrogen) atoms. The maximum atomic E-state index is 8.84. The van der Waals surface area contributed by atoms with Gasteiger partial charge in [0.05, 0.1) is 12.3 Å². The molecule has 0 heterocycles. The van der Waals surface area contributed by atoms with Crippen LogP contribution in [0.5, 0.6) is 5.75 Å². The van der Waals surface area contributed by atoms with Gasteiger partial charge in [0.15, 0.2) is 0 Å². The summed E-state index contributed by atoms with van der Waals surface area (Å²) in [4.78, 5) is 0. The molecule has 0 aromatic heterocycles. The van der Waals surface area contributed by atoms with Gasteiger partial charge in [0, 0.05) is 5.56 Å². The lowest BCUT2D eigenvalue weighted by atomic mass is 10.1. The monoisotopic (exact) mass is 233 g/mol. The average molecular weight is 233 g/mol. The summed E-state index contributed by atoms with van der Waals surface area (Å²) in [7, 11) is 0. The van der Waals surface area contributed by atoms with Gasteiger partial charge in [-0.3, -0.25) is 0 Å². The van der Waals surface area contributed by atoms with Crippen molar-refractivity contribution < 1.29 is 9.94 Å². The largest absolute Gasteiger partial charge is 0.493 e. The normalized spacial score (nSPS) is 16.0. The Balaban J connectivity index is 2.08. The minimum absolute atomic E-state index is 0.589. The van der Waals surface area contributed by atoms with Crippen LogP contribution in [0.4, 0.5) is 0 Å². The fourth-order valence-corrected chi connectivity index (χ4v) is 1.84. The van der Waals surface area contributed by atoms with Crippen LogP contribution in [0.1, 0.15) is 37.3 Å². The molecule has 0 aliphatic heterocycles. The van der Waals surface area contributed by atoms with E-state index in [4.69, 9.17) is 9.94 Å². The summed E-state index contributed by atoms with van der Waals surface area (Å²) in [5.41, 5.74) is 2.61.